The van der Waals surface area contributed by atoms with E-state index >= 15 is 0 Å². The number of benzene rings is 1. The first-order valence-corrected chi connectivity index (χ1v) is 7.07. The van der Waals surface area contributed by atoms with E-state index < -0.39 is 6.10 Å². The van der Waals surface area contributed by atoms with E-state index in [-0.39, 0.29) is 12.1 Å². The maximum absolute atomic E-state index is 11.6. The molecule has 1 aromatic rings. The molecule has 0 radical (unpaired) electrons. The SMILES string of the molecule is CCOC(=O)N1CCC(NCc2ccccc2)C(O)C1. The molecule has 1 aliphatic heterocycles. The van der Waals surface area contributed by atoms with Crippen LogP contribution < -0.4 is 5.32 Å². The van der Waals surface area contributed by atoms with Crippen molar-refractivity contribution >= 4 is 6.09 Å². The van der Waals surface area contributed by atoms with E-state index in [1.54, 1.807) is 11.8 Å². The Morgan fingerprint density at radius 1 is 1.45 bits per heavy atom. The highest BCUT2D eigenvalue weighted by molar-refractivity contribution is 5.67. The number of hydrogen-bond acceptors (Lipinski definition) is 4. The van der Waals surface area contributed by atoms with E-state index in [9.17, 15) is 9.90 Å². The van der Waals surface area contributed by atoms with Gasteiger partial charge in [-0.2, -0.15) is 0 Å². The Kier molecular flexibility index (Phi) is 5.38. The average Bonchev–Trinajstić information content (AvgIpc) is 2.47. The van der Waals surface area contributed by atoms with Crippen LogP contribution in [0.1, 0.15) is 18.9 Å². The number of amides is 1. The molecule has 0 bridgehead atoms. The van der Waals surface area contributed by atoms with Gasteiger partial charge in [-0.15, -0.1) is 0 Å². The fourth-order valence-corrected chi connectivity index (χ4v) is 2.40. The summed E-state index contributed by atoms with van der Waals surface area (Å²) in [5, 5.41) is 13.5. The number of ether oxygens (including phenoxy) is 1. The van der Waals surface area contributed by atoms with Crippen molar-refractivity contribution in [3.05, 3.63) is 35.9 Å². The molecule has 0 spiro atoms. The van der Waals surface area contributed by atoms with Gasteiger partial charge < -0.3 is 20.1 Å². The number of β-amino-alcohol motifs (C(OH)–C–C–N with tert-alkyl or cyclic N) is 1. The topological polar surface area (TPSA) is 61.8 Å². The third-order valence-electron chi connectivity index (χ3n) is 3.52. The highest BCUT2D eigenvalue weighted by Gasteiger charge is 2.30. The number of aliphatic hydroxyl groups is 1. The molecule has 2 unspecified atom stereocenters. The smallest absolute Gasteiger partial charge is 0.409 e. The number of hydrogen-bond donors (Lipinski definition) is 2. The Morgan fingerprint density at radius 2 is 2.20 bits per heavy atom. The standard InChI is InChI=1S/C15H22N2O3/c1-2-20-15(19)17-9-8-13(14(18)11-17)16-10-12-6-4-3-5-7-12/h3-7,13-14,16,18H,2,8-11H2,1H3. The number of nitrogens with one attached hydrogen (secondary N) is 1. The van der Waals surface area contributed by atoms with Gasteiger partial charge in [0.1, 0.15) is 0 Å². The van der Waals surface area contributed by atoms with Crippen molar-refractivity contribution in [3.63, 3.8) is 0 Å². The Labute approximate surface area is 119 Å². The molecule has 1 heterocycles. The summed E-state index contributed by atoms with van der Waals surface area (Å²) in [4.78, 5) is 13.2. The van der Waals surface area contributed by atoms with E-state index in [4.69, 9.17) is 4.74 Å². The molecule has 1 amide bonds. The molecule has 2 atom stereocenters. The molecule has 5 nitrogen and oxygen atoms in total. The lowest BCUT2D eigenvalue weighted by atomic mass is 10.0. The Balaban J connectivity index is 1.80. The molecular formula is C15H22N2O3. The number of carbonyl (C=O) groups excluding carboxylic acids is 1. The minimum Gasteiger partial charge on any atom is -0.450 e. The summed E-state index contributed by atoms with van der Waals surface area (Å²) in [6.45, 7) is 3.80. The van der Waals surface area contributed by atoms with Gasteiger partial charge in [0, 0.05) is 19.1 Å². The zero-order valence-corrected chi connectivity index (χ0v) is 11.8. The van der Waals surface area contributed by atoms with E-state index in [2.05, 4.69) is 5.32 Å². The first-order chi connectivity index (χ1) is 9.70. The number of carbonyl (C=O) groups is 1. The summed E-state index contributed by atoms with van der Waals surface area (Å²) in [6.07, 6.45) is -0.169. The van der Waals surface area contributed by atoms with Crippen molar-refractivity contribution < 1.29 is 14.6 Å². The van der Waals surface area contributed by atoms with Crippen molar-refractivity contribution in [2.24, 2.45) is 0 Å². The number of nitrogens with zero attached hydrogens (tertiary/aromatic N) is 1. The van der Waals surface area contributed by atoms with Crippen LogP contribution in [0, 0.1) is 0 Å². The quantitative estimate of drug-likeness (QED) is 0.873. The molecule has 20 heavy (non-hydrogen) atoms. The molecule has 1 aliphatic rings. The maximum atomic E-state index is 11.6. The first-order valence-electron chi connectivity index (χ1n) is 7.07. The van der Waals surface area contributed by atoms with Crippen LogP contribution in [0.15, 0.2) is 30.3 Å². The fourth-order valence-electron chi connectivity index (χ4n) is 2.40. The summed E-state index contributed by atoms with van der Waals surface area (Å²) >= 11 is 0. The normalized spacial score (nSPS) is 22.6. The van der Waals surface area contributed by atoms with Crippen LogP contribution in [0.3, 0.4) is 0 Å². The van der Waals surface area contributed by atoms with Crippen LogP contribution in [-0.4, -0.2) is 47.9 Å². The zero-order chi connectivity index (χ0) is 14.4. The maximum Gasteiger partial charge on any atom is 0.409 e. The van der Waals surface area contributed by atoms with Gasteiger partial charge in [-0.25, -0.2) is 4.79 Å². The van der Waals surface area contributed by atoms with E-state index in [0.29, 0.717) is 19.7 Å². The lowest BCUT2D eigenvalue weighted by Gasteiger charge is -2.35. The zero-order valence-electron chi connectivity index (χ0n) is 11.8. The largest absolute Gasteiger partial charge is 0.450 e. The monoisotopic (exact) mass is 278 g/mol. The molecule has 0 saturated carbocycles. The molecule has 1 saturated heterocycles. The number of rotatable bonds is 4. The Hall–Kier alpha value is -1.59. The van der Waals surface area contributed by atoms with Gasteiger partial charge in [0.25, 0.3) is 0 Å². The summed E-state index contributed by atoms with van der Waals surface area (Å²) in [5.74, 6) is 0. The lowest BCUT2D eigenvalue weighted by Crippen LogP contribution is -2.54. The van der Waals surface area contributed by atoms with E-state index in [0.717, 1.165) is 13.0 Å². The van der Waals surface area contributed by atoms with Crippen LogP contribution >= 0.6 is 0 Å². The molecule has 0 aliphatic carbocycles. The molecule has 1 aromatic carbocycles. The van der Waals surface area contributed by atoms with Crippen molar-refractivity contribution in [3.8, 4) is 0 Å². The van der Waals surface area contributed by atoms with Gasteiger partial charge in [0.05, 0.1) is 19.3 Å². The van der Waals surface area contributed by atoms with Gasteiger partial charge in [-0.1, -0.05) is 30.3 Å². The van der Waals surface area contributed by atoms with Crippen LogP contribution in [0.5, 0.6) is 0 Å². The second-order valence-electron chi connectivity index (χ2n) is 4.97. The van der Waals surface area contributed by atoms with Crippen molar-refractivity contribution in [2.75, 3.05) is 19.7 Å². The second kappa shape index (κ2) is 7.26. The van der Waals surface area contributed by atoms with E-state index in [1.165, 1.54) is 5.56 Å². The summed E-state index contributed by atoms with van der Waals surface area (Å²) < 4.78 is 4.95. The molecule has 0 aromatic heterocycles. The summed E-state index contributed by atoms with van der Waals surface area (Å²) in [7, 11) is 0. The van der Waals surface area contributed by atoms with Crippen molar-refractivity contribution in [1.29, 1.82) is 0 Å². The van der Waals surface area contributed by atoms with Crippen molar-refractivity contribution in [2.45, 2.75) is 32.0 Å². The summed E-state index contributed by atoms with van der Waals surface area (Å²) in [5.41, 5.74) is 1.19. The molecule has 2 N–H and O–H groups in total. The predicted octanol–water partition coefficient (Wildman–Crippen LogP) is 1.37. The molecule has 5 heteroatoms. The van der Waals surface area contributed by atoms with Gasteiger partial charge in [-0.05, 0) is 18.9 Å². The van der Waals surface area contributed by atoms with Gasteiger partial charge >= 0.3 is 6.09 Å². The fraction of sp³-hybridized carbons (Fsp3) is 0.533. The van der Waals surface area contributed by atoms with E-state index in [1.807, 2.05) is 30.3 Å². The first kappa shape index (κ1) is 14.8. The molecule has 2 rings (SSSR count). The Morgan fingerprint density at radius 3 is 2.85 bits per heavy atom. The van der Waals surface area contributed by atoms with Gasteiger partial charge in [-0.3, -0.25) is 0 Å². The highest BCUT2D eigenvalue weighted by atomic mass is 16.6. The summed E-state index contributed by atoms with van der Waals surface area (Å²) in [6, 6.07) is 10.1. The predicted molar refractivity (Wildman–Crippen MR) is 76.3 cm³/mol. The minimum atomic E-state index is -0.558. The second-order valence-corrected chi connectivity index (χ2v) is 4.97. The molecule has 110 valence electrons. The Bertz CT molecular complexity index is 424. The van der Waals surface area contributed by atoms with Crippen LogP contribution in [0.4, 0.5) is 4.79 Å². The number of piperidine rings is 1. The van der Waals surface area contributed by atoms with Gasteiger partial charge in [0.2, 0.25) is 0 Å². The van der Waals surface area contributed by atoms with Crippen LogP contribution in [0.25, 0.3) is 0 Å². The lowest BCUT2D eigenvalue weighted by molar-refractivity contribution is 0.0306. The number of aliphatic hydroxyl groups excluding tert-OH is 1. The molecular weight excluding hydrogens is 256 g/mol. The molecule has 1 fully saturated rings. The van der Waals surface area contributed by atoms with Gasteiger partial charge in [0.15, 0.2) is 0 Å². The third kappa shape index (κ3) is 3.95. The number of likely N-dealkylation sites (tertiary alicyclic amines) is 1. The average molecular weight is 278 g/mol. The van der Waals surface area contributed by atoms with Crippen LogP contribution in [-0.2, 0) is 11.3 Å². The van der Waals surface area contributed by atoms with Crippen molar-refractivity contribution in [1.82, 2.24) is 10.2 Å². The minimum absolute atomic E-state index is 0.0147. The highest BCUT2D eigenvalue weighted by Crippen LogP contribution is 2.13. The third-order valence-corrected chi connectivity index (χ3v) is 3.52. The van der Waals surface area contributed by atoms with Crippen LogP contribution in [0.2, 0.25) is 0 Å².